The number of nitrogens with zero attached hydrogens (tertiary/aromatic N) is 1. The van der Waals surface area contributed by atoms with E-state index >= 15 is 0 Å². The van der Waals surface area contributed by atoms with Crippen molar-refractivity contribution in [1.29, 1.82) is 0 Å². The van der Waals surface area contributed by atoms with Gasteiger partial charge >= 0.3 is 0 Å². The molecule has 0 aromatic heterocycles. The molecule has 19 heavy (non-hydrogen) atoms. The van der Waals surface area contributed by atoms with Gasteiger partial charge in [0.2, 0.25) is 10.0 Å². The van der Waals surface area contributed by atoms with Crippen molar-refractivity contribution >= 4 is 15.7 Å². The third kappa shape index (κ3) is 3.74. The van der Waals surface area contributed by atoms with E-state index in [9.17, 15) is 22.9 Å². The van der Waals surface area contributed by atoms with E-state index < -0.39 is 37.4 Å². The van der Waals surface area contributed by atoms with Crippen molar-refractivity contribution in [2.75, 3.05) is 0 Å². The lowest BCUT2D eigenvalue weighted by Crippen LogP contribution is -2.32. The topological polar surface area (TPSA) is 89.3 Å². The van der Waals surface area contributed by atoms with E-state index in [1.54, 1.807) is 0 Å². The number of nitrogens with one attached hydrogen (secondary N) is 1. The normalized spacial score (nSPS) is 12.7. The highest BCUT2D eigenvalue weighted by Crippen LogP contribution is 2.24. The van der Waals surface area contributed by atoms with E-state index in [1.165, 1.54) is 6.92 Å². The molecule has 1 N–H and O–H groups in total. The predicted octanol–water partition coefficient (Wildman–Crippen LogP) is 1.42. The maximum atomic E-state index is 12.9. The summed E-state index contributed by atoms with van der Waals surface area (Å²) in [6, 6.07) is 1.66. The lowest BCUT2D eigenvalue weighted by atomic mass is 10.3. The van der Waals surface area contributed by atoms with Gasteiger partial charge in [-0.2, -0.15) is 0 Å². The van der Waals surface area contributed by atoms with Crippen molar-refractivity contribution < 1.29 is 17.7 Å². The summed E-state index contributed by atoms with van der Waals surface area (Å²) in [5.41, 5.74) is -0.819. The van der Waals surface area contributed by atoms with Crippen LogP contribution in [0.15, 0.2) is 23.1 Å². The molecule has 0 heterocycles. The van der Waals surface area contributed by atoms with Crippen molar-refractivity contribution in [3.8, 4) is 12.3 Å². The van der Waals surface area contributed by atoms with Crippen LogP contribution in [0.1, 0.15) is 13.3 Å². The van der Waals surface area contributed by atoms with Crippen LogP contribution < -0.4 is 4.72 Å². The molecular formula is C11H11FN2O4S. The quantitative estimate of drug-likeness (QED) is 0.503. The average molecular weight is 286 g/mol. The Morgan fingerprint density at radius 1 is 1.58 bits per heavy atom. The molecule has 1 aromatic carbocycles. The van der Waals surface area contributed by atoms with Crippen molar-refractivity contribution in [3.05, 3.63) is 34.1 Å². The van der Waals surface area contributed by atoms with E-state index in [-0.39, 0.29) is 6.42 Å². The summed E-state index contributed by atoms with van der Waals surface area (Å²) in [5.74, 6) is 1.38. The van der Waals surface area contributed by atoms with Crippen molar-refractivity contribution in [2.45, 2.75) is 24.3 Å². The molecule has 1 unspecified atom stereocenters. The first-order chi connectivity index (χ1) is 8.77. The van der Waals surface area contributed by atoms with Gasteiger partial charge in [-0.15, -0.1) is 12.3 Å². The Hall–Kier alpha value is -1.98. The molecule has 102 valence electrons. The minimum atomic E-state index is -4.13. The van der Waals surface area contributed by atoms with Crippen LogP contribution in [0.3, 0.4) is 0 Å². The number of halogens is 1. The van der Waals surface area contributed by atoms with Gasteiger partial charge in [0.25, 0.3) is 5.69 Å². The van der Waals surface area contributed by atoms with Crippen LogP contribution in [0.2, 0.25) is 0 Å². The lowest BCUT2D eigenvalue weighted by molar-refractivity contribution is -0.388. The van der Waals surface area contributed by atoms with Gasteiger partial charge in [-0.25, -0.2) is 17.5 Å². The van der Waals surface area contributed by atoms with Crippen LogP contribution >= 0.6 is 0 Å². The molecule has 0 spiro atoms. The molecule has 0 amide bonds. The maximum absolute atomic E-state index is 12.9. The number of benzene rings is 1. The molecule has 1 aromatic rings. The molecule has 8 heteroatoms. The van der Waals surface area contributed by atoms with Crippen molar-refractivity contribution in [1.82, 2.24) is 4.72 Å². The standard InChI is InChI=1S/C11H11FN2O4S/c1-3-4-8(2)13-19(17,18)11-6-5-9(12)7-10(11)14(15)16/h1,5-8,13H,4H2,2H3. The summed E-state index contributed by atoms with van der Waals surface area (Å²) in [5, 5.41) is 10.7. The van der Waals surface area contributed by atoms with Crippen LogP contribution in [0, 0.1) is 28.3 Å². The number of sulfonamides is 1. The molecule has 0 aliphatic heterocycles. The Morgan fingerprint density at radius 3 is 2.74 bits per heavy atom. The Balaban J connectivity index is 3.22. The molecule has 0 fully saturated rings. The van der Waals surface area contributed by atoms with Crippen LogP contribution in [0.4, 0.5) is 10.1 Å². The molecule has 1 rings (SSSR count). The first kappa shape index (κ1) is 15.1. The second-order valence-corrected chi connectivity index (χ2v) is 5.48. The third-order valence-corrected chi connectivity index (χ3v) is 3.82. The summed E-state index contributed by atoms with van der Waals surface area (Å²) in [6.45, 7) is 1.52. The summed E-state index contributed by atoms with van der Waals surface area (Å²) < 4.78 is 39.0. The van der Waals surface area contributed by atoms with Gasteiger partial charge in [0, 0.05) is 12.5 Å². The van der Waals surface area contributed by atoms with Crippen LogP contribution in [0.5, 0.6) is 0 Å². The molecule has 0 aliphatic carbocycles. The van der Waals surface area contributed by atoms with Crippen LogP contribution in [-0.4, -0.2) is 19.4 Å². The monoisotopic (exact) mass is 286 g/mol. The van der Waals surface area contributed by atoms with E-state index in [0.29, 0.717) is 6.07 Å². The molecular weight excluding hydrogens is 275 g/mol. The Kier molecular flexibility index (Phi) is 4.58. The Morgan fingerprint density at radius 2 is 2.21 bits per heavy atom. The second kappa shape index (κ2) is 5.77. The highest BCUT2D eigenvalue weighted by atomic mass is 32.2. The van der Waals surface area contributed by atoms with Crippen LogP contribution in [-0.2, 0) is 10.0 Å². The van der Waals surface area contributed by atoms with Gasteiger partial charge in [-0.3, -0.25) is 10.1 Å². The zero-order chi connectivity index (χ0) is 14.6. The first-order valence-corrected chi connectivity index (χ1v) is 6.66. The smallest absolute Gasteiger partial charge is 0.258 e. The largest absolute Gasteiger partial charge is 0.292 e. The summed E-state index contributed by atoms with van der Waals surface area (Å²) in [7, 11) is -4.13. The SMILES string of the molecule is C#CCC(C)NS(=O)(=O)c1ccc(F)cc1[N+](=O)[O-]. The molecule has 0 saturated heterocycles. The molecule has 0 bridgehead atoms. The van der Waals surface area contributed by atoms with Crippen LogP contribution in [0.25, 0.3) is 0 Å². The second-order valence-electron chi connectivity index (χ2n) is 3.80. The van der Waals surface area contributed by atoms with Crippen molar-refractivity contribution in [2.24, 2.45) is 0 Å². The lowest BCUT2D eigenvalue weighted by Gasteiger charge is -2.11. The minimum Gasteiger partial charge on any atom is -0.258 e. The molecule has 0 saturated carbocycles. The average Bonchev–Trinajstić information content (AvgIpc) is 2.27. The van der Waals surface area contributed by atoms with Gasteiger partial charge in [0.05, 0.1) is 11.0 Å². The van der Waals surface area contributed by atoms with E-state index in [2.05, 4.69) is 10.6 Å². The highest BCUT2D eigenvalue weighted by Gasteiger charge is 2.27. The third-order valence-electron chi connectivity index (χ3n) is 2.19. The zero-order valence-corrected chi connectivity index (χ0v) is 10.8. The van der Waals surface area contributed by atoms with E-state index in [1.807, 2.05) is 0 Å². The predicted molar refractivity (Wildman–Crippen MR) is 66.3 cm³/mol. The number of hydrogen-bond acceptors (Lipinski definition) is 4. The Bertz CT molecular complexity index is 637. The van der Waals surface area contributed by atoms with Gasteiger partial charge < -0.3 is 0 Å². The van der Waals surface area contributed by atoms with Crippen molar-refractivity contribution in [3.63, 3.8) is 0 Å². The molecule has 6 nitrogen and oxygen atoms in total. The fraction of sp³-hybridized carbons (Fsp3) is 0.273. The van der Waals surface area contributed by atoms with E-state index in [4.69, 9.17) is 6.42 Å². The van der Waals surface area contributed by atoms with E-state index in [0.717, 1.165) is 12.1 Å². The minimum absolute atomic E-state index is 0.133. The molecule has 0 radical (unpaired) electrons. The van der Waals surface area contributed by atoms with Gasteiger partial charge in [-0.05, 0) is 19.1 Å². The van der Waals surface area contributed by atoms with Gasteiger partial charge in [0.15, 0.2) is 4.90 Å². The number of nitro groups is 1. The summed E-state index contributed by atoms with van der Waals surface area (Å²) in [6.07, 6.45) is 5.18. The summed E-state index contributed by atoms with van der Waals surface area (Å²) in [4.78, 5) is 9.20. The Labute approximate surface area is 109 Å². The number of terminal acetylenes is 1. The highest BCUT2D eigenvalue weighted by molar-refractivity contribution is 7.89. The zero-order valence-electron chi connectivity index (χ0n) is 9.96. The molecule has 0 aliphatic rings. The fourth-order valence-corrected chi connectivity index (χ4v) is 2.80. The number of hydrogen-bond donors (Lipinski definition) is 1. The first-order valence-electron chi connectivity index (χ1n) is 5.17. The number of nitro benzene ring substituents is 1. The maximum Gasteiger partial charge on any atom is 0.292 e. The van der Waals surface area contributed by atoms with Gasteiger partial charge in [-0.1, -0.05) is 0 Å². The molecule has 1 atom stereocenters. The summed E-state index contributed by atoms with van der Waals surface area (Å²) >= 11 is 0. The van der Waals surface area contributed by atoms with Gasteiger partial charge in [0.1, 0.15) is 5.82 Å². The number of rotatable bonds is 5. The fourth-order valence-electron chi connectivity index (χ4n) is 1.41.